The first kappa shape index (κ1) is 13.1. The molecule has 2 rings (SSSR count). The molecule has 2 atom stereocenters. The summed E-state index contributed by atoms with van der Waals surface area (Å²) in [5.41, 5.74) is 7.24. The summed E-state index contributed by atoms with van der Waals surface area (Å²) in [6.07, 6.45) is 0.840. The molecule has 0 bridgehead atoms. The first-order valence-electron chi connectivity index (χ1n) is 6.30. The third kappa shape index (κ3) is 3.09. The number of nitrogens with two attached hydrogens (primary N) is 1. The summed E-state index contributed by atoms with van der Waals surface area (Å²) < 4.78 is 4.81. The van der Waals surface area contributed by atoms with Crippen LogP contribution in [0.5, 0.6) is 0 Å². The van der Waals surface area contributed by atoms with Crippen LogP contribution >= 0.6 is 0 Å². The molecule has 18 heavy (non-hydrogen) atoms. The molecule has 0 aliphatic carbocycles. The number of rotatable bonds is 3. The van der Waals surface area contributed by atoms with Gasteiger partial charge in [-0.2, -0.15) is 0 Å². The molecule has 1 aromatic rings. The minimum atomic E-state index is -0.201. The Bertz CT molecular complexity index is 394. The van der Waals surface area contributed by atoms with Gasteiger partial charge in [0, 0.05) is 25.7 Å². The molecule has 4 heteroatoms. The summed E-state index contributed by atoms with van der Waals surface area (Å²) in [5.74, 6) is -0.396. The van der Waals surface area contributed by atoms with Crippen molar-refractivity contribution >= 4 is 5.97 Å². The Morgan fingerprint density at radius 1 is 1.44 bits per heavy atom. The molecule has 2 N–H and O–H groups in total. The van der Waals surface area contributed by atoms with Crippen molar-refractivity contribution in [3.63, 3.8) is 0 Å². The van der Waals surface area contributed by atoms with Crippen LogP contribution in [0, 0.1) is 5.92 Å². The van der Waals surface area contributed by atoms with E-state index < -0.39 is 0 Å². The van der Waals surface area contributed by atoms with Gasteiger partial charge in [-0.05, 0) is 12.0 Å². The Kier molecular flexibility index (Phi) is 4.33. The maximum atomic E-state index is 11.6. The predicted octanol–water partition coefficient (Wildman–Crippen LogP) is 1.01. The lowest BCUT2D eigenvalue weighted by Crippen LogP contribution is -2.50. The van der Waals surface area contributed by atoms with Gasteiger partial charge in [-0.1, -0.05) is 30.3 Å². The highest BCUT2D eigenvalue weighted by Crippen LogP contribution is 2.19. The van der Waals surface area contributed by atoms with Gasteiger partial charge in [0.1, 0.15) is 0 Å². The van der Waals surface area contributed by atoms with Gasteiger partial charge in [-0.3, -0.25) is 9.69 Å². The highest BCUT2D eigenvalue weighted by Gasteiger charge is 2.32. The van der Waals surface area contributed by atoms with E-state index in [-0.39, 0.29) is 17.9 Å². The van der Waals surface area contributed by atoms with Crippen molar-refractivity contribution in [2.24, 2.45) is 11.7 Å². The molecule has 0 saturated carbocycles. The predicted molar refractivity (Wildman–Crippen MR) is 69.8 cm³/mol. The molecule has 0 amide bonds. The van der Waals surface area contributed by atoms with Gasteiger partial charge in [0.25, 0.3) is 0 Å². The first-order valence-corrected chi connectivity index (χ1v) is 6.30. The van der Waals surface area contributed by atoms with Crippen molar-refractivity contribution in [2.45, 2.75) is 19.0 Å². The average molecular weight is 248 g/mol. The van der Waals surface area contributed by atoms with Gasteiger partial charge in [0.2, 0.25) is 0 Å². The summed E-state index contributed by atoms with van der Waals surface area (Å²) in [5, 5.41) is 0. The third-order valence-electron chi connectivity index (χ3n) is 3.50. The van der Waals surface area contributed by atoms with Crippen LogP contribution in [0.3, 0.4) is 0 Å². The minimum absolute atomic E-state index is 0.0792. The Labute approximate surface area is 108 Å². The highest BCUT2D eigenvalue weighted by molar-refractivity contribution is 5.73. The Hall–Kier alpha value is -1.39. The zero-order chi connectivity index (χ0) is 13.0. The third-order valence-corrected chi connectivity index (χ3v) is 3.50. The van der Waals surface area contributed by atoms with E-state index in [2.05, 4.69) is 17.0 Å². The SMILES string of the molecule is COC(=O)[C@H]1CN(Cc2ccccc2)CC[C@H]1N. The molecule has 1 heterocycles. The number of benzene rings is 1. The first-order chi connectivity index (χ1) is 8.70. The maximum Gasteiger partial charge on any atom is 0.311 e. The van der Waals surface area contributed by atoms with E-state index >= 15 is 0 Å². The van der Waals surface area contributed by atoms with E-state index in [0.29, 0.717) is 6.54 Å². The molecule has 1 fully saturated rings. The lowest BCUT2D eigenvalue weighted by Gasteiger charge is -2.35. The van der Waals surface area contributed by atoms with Crippen molar-refractivity contribution in [2.75, 3.05) is 20.2 Å². The van der Waals surface area contributed by atoms with Gasteiger partial charge >= 0.3 is 5.97 Å². The van der Waals surface area contributed by atoms with Gasteiger partial charge in [-0.15, -0.1) is 0 Å². The quantitative estimate of drug-likeness (QED) is 0.811. The molecule has 98 valence electrons. The Balaban J connectivity index is 1.97. The fourth-order valence-electron chi connectivity index (χ4n) is 2.42. The number of carbonyl (C=O) groups excluding carboxylic acids is 1. The van der Waals surface area contributed by atoms with E-state index in [1.54, 1.807) is 0 Å². The van der Waals surface area contributed by atoms with Crippen LogP contribution in [0.2, 0.25) is 0 Å². The zero-order valence-corrected chi connectivity index (χ0v) is 10.7. The molecule has 4 nitrogen and oxygen atoms in total. The van der Waals surface area contributed by atoms with E-state index in [4.69, 9.17) is 10.5 Å². The van der Waals surface area contributed by atoms with Crippen LogP contribution in [0.15, 0.2) is 30.3 Å². The fraction of sp³-hybridized carbons (Fsp3) is 0.500. The van der Waals surface area contributed by atoms with Gasteiger partial charge in [-0.25, -0.2) is 0 Å². The topological polar surface area (TPSA) is 55.6 Å². The average Bonchev–Trinajstić information content (AvgIpc) is 2.41. The monoisotopic (exact) mass is 248 g/mol. The molecule has 1 aliphatic rings. The number of hydrogen-bond donors (Lipinski definition) is 1. The van der Waals surface area contributed by atoms with E-state index in [1.165, 1.54) is 12.7 Å². The molecule has 1 aromatic carbocycles. The highest BCUT2D eigenvalue weighted by atomic mass is 16.5. The maximum absolute atomic E-state index is 11.6. The molecule has 0 aromatic heterocycles. The number of nitrogens with zero attached hydrogens (tertiary/aromatic N) is 1. The van der Waals surface area contributed by atoms with Crippen molar-refractivity contribution < 1.29 is 9.53 Å². The number of ether oxygens (including phenoxy) is 1. The molecular weight excluding hydrogens is 228 g/mol. The molecular formula is C14H20N2O2. The number of hydrogen-bond acceptors (Lipinski definition) is 4. The molecule has 0 radical (unpaired) electrons. The van der Waals surface area contributed by atoms with Crippen molar-refractivity contribution in [3.05, 3.63) is 35.9 Å². The molecule has 0 spiro atoms. The van der Waals surface area contributed by atoms with Crippen LogP contribution in [0.1, 0.15) is 12.0 Å². The summed E-state index contributed by atoms with van der Waals surface area (Å²) in [4.78, 5) is 13.9. The Morgan fingerprint density at radius 3 is 2.83 bits per heavy atom. The molecule has 1 aliphatic heterocycles. The van der Waals surface area contributed by atoms with E-state index in [0.717, 1.165) is 19.5 Å². The van der Waals surface area contributed by atoms with Crippen LogP contribution in [0.25, 0.3) is 0 Å². The van der Waals surface area contributed by atoms with Gasteiger partial charge in [0.05, 0.1) is 13.0 Å². The normalized spacial score (nSPS) is 24.8. The smallest absolute Gasteiger partial charge is 0.311 e. The van der Waals surface area contributed by atoms with Crippen LogP contribution < -0.4 is 5.73 Å². The zero-order valence-electron chi connectivity index (χ0n) is 10.7. The summed E-state index contributed by atoms with van der Waals surface area (Å²) in [6.45, 7) is 2.48. The molecule has 1 saturated heterocycles. The van der Waals surface area contributed by atoms with Crippen LogP contribution in [0.4, 0.5) is 0 Å². The molecule has 0 unspecified atom stereocenters. The number of methoxy groups -OCH3 is 1. The summed E-state index contributed by atoms with van der Waals surface area (Å²) in [6, 6.07) is 10.2. The second-order valence-electron chi connectivity index (χ2n) is 4.80. The van der Waals surface area contributed by atoms with Gasteiger partial charge in [0.15, 0.2) is 0 Å². The lowest BCUT2D eigenvalue weighted by molar-refractivity contribution is -0.148. The second kappa shape index (κ2) is 5.98. The lowest BCUT2D eigenvalue weighted by atomic mass is 9.92. The number of piperidine rings is 1. The van der Waals surface area contributed by atoms with Crippen molar-refractivity contribution in [3.8, 4) is 0 Å². The second-order valence-corrected chi connectivity index (χ2v) is 4.80. The standard InChI is InChI=1S/C14H20N2O2/c1-18-14(17)12-10-16(8-7-13(12)15)9-11-5-3-2-4-6-11/h2-6,12-13H,7-10,15H2,1H3/t12-,13+/m0/s1. The van der Waals surface area contributed by atoms with E-state index in [1.807, 2.05) is 18.2 Å². The number of likely N-dealkylation sites (tertiary alicyclic amines) is 1. The van der Waals surface area contributed by atoms with E-state index in [9.17, 15) is 4.79 Å². The van der Waals surface area contributed by atoms with Crippen molar-refractivity contribution in [1.82, 2.24) is 4.90 Å². The van der Waals surface area contributed by atoms with Crippen molar-refractivity contribution in [1.29, 1.82) is 0 Å². The fourth-order valence-corrected chi connectivity index (χ4v) is 2.42. The van der Waals surface area contributed by atoms with Gasteiger partial charge < -0.3 is 10.5 Å². The van der Waals surface area contributed by atoms with Crippen LogP contribution in [-0.4, -0.2) is 37.1 Å². The van der Waals surface area contributed by atoms with Crippen LogP contribution in [-0.2, 0) is 16.1 Å². The number of esters is 1. The Morgan fingerprint density at radius 2 is 2.17 bits per heavy atom. The minimum Gasteiger partial charge on any atom is -0.469 e. The summed E-state index contributed by atoms with van der Waals surface area (Å²) in [7, 11) is 1.42. The number of carbonyl (C=O) groups is 1. The summed E-state index contributed by atoms with van der Waals surface area (Å²) >= 11 is 0. The largest absolute Gasteiger partial charge is 0.469 e.